The van der Waals surface area contributed by atoms with E-state index in [1.807, 2.05) is 44.2 Å². The Morgan fingerprint density at radius 2 is 1.71 bits per heavy atom. The van der Waals surface area contributed by atoms with Gasteiger partial charge < -0.3 is 10.1 Å². The average molecular weight is 405 g/mol. The van der Waals surface area contributed by atoms with Crippen molar-refractivity contribution in [2.24, 2.45) is 0 Å². The average Bonchev–Trinajstić information content (AvgIpc) is 2.64. The fourth-order valence-electron chi connectivity index (χ4n) is 2.81. The number of hydrogen-bond donors (Lipinski definition) is 1. The molecule has 1 N–H and O–H groups in total. The Morgan fingerprint density at radius 3 is 2.29 bits per heavy atom. The van der Waals surface area contributed by atoms with Crippen LogP contribution in [-0.4, -0.2) is 37.8 Å². The molecule has 0 spiro atoms. The molecule has 0 aliphatic heterocycles. The topological polar surface area (TPSA) is 75.7 Å². The van der Waals surface area contributed by atoms with Gasteiger partial charge in [-0.2, -0.15) is 4.31 Å². The number of carbonyl (C=O) groups excluding carboxylic acids is 1. The molecule has 152 valence electrons. The van der Waals surface area contributed by atoms with Crippen molar-refractivity contribution >= 4 is 21.6 Å². The first-order chi connectivity index (χ1) is 13.3. The van der Waals surface area contributed by atoms with Gasteiger partial charge in [-0.3, -0.25) is 4.79 Å². The fraction of sp³-hybridized carbons (Fsp3) is 0.381. The highest BCUT2D eigenvalue weighted by Crippen LogP contribution is 2.30. The minimum Gasteiger partial charge on any atom is -0.489 e. The summed E-state index contributed by atoms with van der Waals surface area (Å²) < 4.78 is 32.8. The van der Waals surface area contributed by atoms with E-state index in [0.717, 1.165) is 5.56 Å². The number of sulfonamides is 1. The van der Waals surface area contributed by atoms with E-state index < -0.39 is 10.0 Å². The summed E-state index contributed by atoms with van der Waals surface area (Å²) in [6, 6.07) is 13.9. The molecule has 1 amide bonds. The predicted molar refractivity (Wildman–Crippen MR) is 111 cm³/mol. The van der Waals surface area contributed by atoms with Gasteiger partial charge in [0.2, 0.25) is 15.9 Å². The summed E-state index contributed by atoms with van der Waals surface area (Å²) in [5.74, 6) is 0.201. The summed E-state index contributed by atoms with van der Waals surface area (Å²) >= 11 is 0. The van der Waals surface area contributed by atoms with Gasteiger partial charge in [-0.15, -0.1) is 0 Å². The van der Waals surface area contributed by atoms with Gasteiger partial charge >= 0.3 is 0 Å². The van der Waals surface area contributed by atoms with Gasteiger partial charge in [-0.1, -0.05) is 44.2 Å². The number of nitrogens with zero attached hydrogens (tertiary/aromatic N) is 1. The highest BCUT2D eigenvalue weighted by atomic mass is 32.2. The second-order valence-corrected chi connectivity index (χ2v) is 8.56. The van der Waals surface area contributed by atoms with Crippen LogP contribution in [0.15, 0.2) is 53.4 Å². The van der Waals surface area contributed by atoms with Crippen molar-refractivity contribution in [3.05, 3.63) is 54.1 Å². The maximum absolute atomic E-state index is 12.8. The zero-order chi connectivity index (χ0) is 20.7. The molecule has 2 aromatic carbocycles. The third-order valence-electron chi connectivity index (χ3n) is 4.14. The molecular weight excluding hydrogens is 376 g/mol. The normalized spacial score (nSPS) is 11.6. The van der Waals surface area contributed by atoms with Crippen molar-refractivity contribution in [1.82, 2.24) is 4.31 Å². The van der Waals surface area contributed by atoms with Crippen LogP contribution in [0.25, 0.3) is 0 Å². The molecule has 0 bridgehead atoms. The summed E-state index contributed by atoms with van der Waals surface area (Å²) in [7, 11) is -3.64. The second kappa shape index (κ2) is 9.71. The fourth-order valence-corrected chi connectivity index (χ4v) is 4.30. The smallest absolute Gasteiger partial charge is 0.243 e. The van der Waals surface area contributed by atoms with Gasteiger partial charge in [0.15, 0.2) is 0 Å². The van der Waals surface area contributed by atoms with Crippen molar-refractivity contribution in [3.63, 3.8) is 0 Å². The van der Waals surface area contributed by atoms with Crippen LogP contribution >= 0.6 is 0 Å². The van der Waals surface area contributed by atoms with Crippen molar-refractivity contribution in [2.45, 2.75) is 45.1 Å². The number of anilines is 1. The van der Waals surface area contributed by atoms with E-state index in [1.165, 1.54) is 16.4 Å². The lowest BCUT2D eigenvalue weighted by Crippen LogP contribution is -2.30. The Labute approximate surface area is 167 Å². The zero-order valence-corrected chi connectivity index (χ0v) is 17.6. The molecule has 0 unspecified atom stereocenters. The van der Waals surface area contributed by atoms with Gasteiger partial charge in [-0.25, -0.2) is 8.42 Å². The van der Waals surface area contributed by atoms with Crippen LogP contribution in [0.2, 0.25) is 0 Å². The highest BCUT2D eigenvalue weighted by Gasteiger charge is 2.23. The summed E-state index contributed by atoms with van der Waals surface area (Å²) in [6.07, 6.45) is 0.0737. The summed E-state index contributed by atoms with van der Waals surface area (Å²) in [6.45, 7) is 8.07. The van der Waals surface area contributed by atoms with Crippen molar-refractivity contribution in [1.29, 1.82) is 0 Å². The van der Waals surface area contributed by atoms with E-state index in [9.17, 15) is 13.2 Å². The summed E-state index contributed by atoms with van der Waals surface area (Å²) in [4.78, 5) is 12.6. The second-order valence-electron chi connectivity index (χ2n) is 6.62. The van der Waals surface area contributed by atoms with Gasteiger partial charge in [0.25, 0.3) is 0 Å². The van der Waals surface area contributed by atoms with E-state index in [2.05, 4.69) is 5.32 Å². The monoisotopic (exact) mass is 404 g/mol. The van der Waals surface area contributed by atoms with Crippen LogP contribution < -0.4 is 10.1 Å². The zero-order valence-electron chi connectivity index (χ0n) is 16.8. The van der Waals surface area contributed by atoms with Crippen LogP contribution in [0.3, 0.4) is 0 Å². The first-order valence-electron chi connectivity index (χ1n) is 9.42. The molecule has 0 fully saturated rings. The molecule has 0 saturated carbocycles. The van der Waals surface area contributed by atoms with Gasteiger partial charge in [0, 0.05) is 13.1 Å². The molecule has 0 saturated heterocycles. The number of benzene rings is 2. The Balaban J connectivity index is 2.34. The molecule has 0 atom stereocenters. The van der Waals surface area contributed by atoms with Crippen LogP contribution in [0.1, 0.15) is 33.3 Å². The molecule has 0 aliphatic carbocycles. The number of carbonyl (C=O) groups is 1. The molecule has 2 aromatic rings. The number of ether oxygens (including phenoxy) is 1. The first-order valence-corrected chi connectivity index (χ1v) is 10.9. The lowest BCUT2D eigenvalue weighted by atomic mass is 10.1. The predicted octanol–water partition coefficient (Wildman–Crippen LogP) is 3.69. The van der Waals surface area contributed by atoms with Gasteiger partial charge in [0.05, 0.1) is 23.1 Å². The molecule has 6 nitrogen and oxygen atoms in total. The Kier molecular flexibility index (Phi) is 7.60. The van der Waals surface area contributed by atoms with E-state index in [-0.39, 0.29) is 23.3 Å². The third-order valence-corrected chi connectivity index (χ3v) is 6.18. The van der Waals surface area contributed by atoms with E-state index in [0.29, 0.717) is 24.5 Å². The Hall–Kier alpha value is -2.38. The third kappa shape index (κ3) is 5.56. The number of hydrogen-bond acceptors (Lipinski definition) is 4. The van der Waals surface area contributed by atoms with Gasteiger partial charge in [-0.05, 0) is 37.6 Å². The Bertz CT molecular complexity index is 892. The van der Waals surface area contributed by atoms with Crippen LogP contribution in [0.4, 0.5) is 5.69 Å². The number of amides is 1. The maximum Gasteiger partial charge on any atom is 0.243 e. The van der Waals surface area contributed by atoms with Crippen LogP contribution in [0.5, 0.6) is 5.75 Å². The molecule has 2 rings (SSSR count). The maximum atomic E-state index is 12.8. The quantitative estimate of drug-likeness (QED) is 0.692. The molecule has 28 heavy (non-hydrogen) atoms. The lowest BCUT2D eigenvalue weighted by Gasteiger charge is -2.20. The van der Waals surface area contributed by atoms with Crippen molar-refractivity contribution in [2.75, 3.05) is 18.4 Å². The summed E-state index contributed by atoms with van der Waals surface area (Å²) in [5, 5.41) is 2.80. The first kappa shape index (κ1) is 21.9. The molecule has 0 aromatic heterocycles. The molecule has 0 radical (unpaired) electrons. The summed E-state index contributed by atoms with van der Waals surface area (Å²) in [5.41, 5.74) is 1.22. The molecule has 0 heterocycles. The van der Waals surface area contributed by atoms with Crippen molar-refractivity contribution in [3.8, 4) is 5.75 Å². The van der Waals surface area contributed by atoms with E-state index in [1.54, 1.807) is 19.9 Å². The SMILES string of the molecule is CCN(CC)S(=O)(=O)c1ccc(OC(C)C)c(NC(=O)Cc2ccccc2)c1. The van der Waals surface area contributed by atoms with E-state index in [4.69, 9.17) is 4.74 Å². The number of nitrogens with one attached hydrogen (secondary N) is 1. The standard InChI is InChI=1S/C21H28N2O4S/c1-5-23(6-2)28(25,26)18-12-13-20(27-16(3)4)19(15-18)22-21(24)14-17-10-8-7-9-11-17/h7-13,15-16H,5-6,14H2,1-4H3,(H,22,24). The lowest BCUT2D eigenvalue weighted by molar-refractivity contribution is -0.115. The van der Waals surface area contributed by atoms with E-state index >= 15 is 0 Å². The molecular formula is C21H28N2O4S. The number of rotatable bonds is 9. The van der Waals surface area contributed by atoms with Crippen molar-refractivity contribution < 1.29 is 17.9 Å². The molecule has 7 heteroatoms. The van der Waals surface area contributed by atoms with Crippen LogP contribution in [0, 0.1) is 0 Å². The largest absolute Gasteiger partial charge is 0.489 e. The minimum atomic E-state index is -3.64. The Morgan fingerprint density at radius 1 is 1.07 bits per heavy atom. The minimum absolute atomic E-state index is 0.116. The van der Waals surface area contributed by atoms with Crippen LogP contribution in [-0.2, 0) is 21.2 Å². The molecule has 0 aliphatic rings. The highest BCUT2D eigenvalue weighted by molar-refractivity contribution is 7.89. The van der Waals surface area contributed by atoms with Gasteiger partial charge in [0.1, 0.15) is 5.75 Å².